The summed E-state index contributed by atoms with van der Waals surface area (Å²) in [5.41, 5.74) is 6.47. The van der Waals surface area contributed by atoms with Crippen molar-refractivity contribution in [1.29, 1.82) is 0 Å². The normalized spacial score (nSPS) is 27.5. The van der Waals surface area contributed by atoms with Gasteiger partial charge in [-0.25, -0.2) is 9.86 Å². The molecule has 0 aromatic carbocycles. The highest BCUT2D eigenvalue weighted by Gasteiger charge is 2.38. The van der Waals surface area contributed by atoms with Crippen LogP contribution in [-0.2, 0) is 9.68 Å². The molecular formula is C12H22N4O3. The highest BCUT2D eigenvalue weighted by molar-refractivity contribution is 5.94. The van der Waals surface area contributed by atoms with E-state index in [0.717, 1.165) is 25.0 Å². The van der Waals surface area contributed by atoms with Gasteiger partial charge in [0.25, 0.3) is 0 Å². The number of carbonyl (C=O) groups excluding carboxylic acids is 1. The van der Waals surface area contributed by atoms with Gasteiger partial charge in [0.1, 0.15) is 6.10 Å². The molecule has 0 radical (unpaired) electrons. The molecule has 1 saturated heterocycles. The van der Waals surface area contributed by atoms with Crippen molar-refractivity contribution in [2.24, 2.45) is 10.9 Å². The Labute approximate surface area is 113 Å². The summed E-state index contributed by atoms with van der Waals surface area (Å²) in [6.07, 6.45) is 2.43. The number of carbonyl (C=O) groups is 1. The van der Waals surface area contributed by atoms with Crippen molar-refractivity contribution in [3.8, 4) is 0 Å². The van der Waals surface area contributed by atoms with Crippen molar-refractivity contribution in [2.75, 3.05) is 26.7 Å². The predicted octanol–water partition coefficient (Wildman–Crippen LogP) is 0.558. The molecule has 2 aliphatic heterocycles. The van der Waals surface area contributed by atoms with Gasteiger partial charge in [0.15, 0.2) is 0 Å². The molecule has 0 aromatic heterocycles. The number of hydrogen-bond donors (Lipinski definition) is 1. The Morgan fingerprint density at radius 1 is 1.58 bits per heavy atom. The van der Waals surface area contributed by atoms with E-state index in [9.17, 15) is 4.79 Å². The first-order valence-electron chi connectivity index (χ1n) is 6.76. The summed E-state index contributed by atoms with van der Waals surface area (Å²) in [5, 5.41) is 5.53. The van der Waals surface area contributed by atoms with Gasteiger partial charge in [-0.2, -0.15) is 0 Å². The van der Waals surface area contributed by atoms with Crippen molar-refractivity contribution >= 4 is 11.7 Å². The first-order chi connectivity index (χ1) is 9.21. The zero-order valence-electron chi connectivity index (χ0n) is 11.5. The van der Waals surface area contributed by atoms with E-state index in [2.05, 4.69) is 5.16 Å². The van der Waals surface area contributed by atoms with Gasteiger partial charge in [0, 0.05) is 13.0 Å². The topological polar surface area (TPSA) is 80.4 Å². The maximum atomic E-state index is 12.2. The molecule has 19 heavy (non-hydrogen) atoms. The fourth-order valence-electron chi connectivity index (χ4n) is 2.63. The number of urea groups is 1. The summed E-state index contributed by atoms with van der Waals surface area (Å²) in [5.74, 6) is 0. The Balaban J connectivity index is 2.02. The van der Waals surface area contributed by atoms with E-state index in [-0.39, 0.29) is 18.2 Å². The summed E-state index contributed by atoms with van der Waals surface area (Å²) < 4.78 is 0. The molecular weight excluding hydrogens is 248 g/mol. The van der Waals surface area contributed by atoms with Crippen LogP contribution < -0.4 is 5.73 Å². The third kappa shape index (κ3) is 2.82. The minimum Gasteiger partial charge on any atom is -0.392 e. The second kappa shape index (κ2) is 6.21. The van der Waals surface area contributed by atoms with Crippen molar-refractivity contribution < 1.29 is 14.5 Å². The molecule has 0 aromatic rings. The van der Waals surface area contributed by atoms with E-state index < -0.39 is 0 Å². The van der Waals surface area contributed by atoms with Gasteiger partial charge < -0.3 is 15.5 Å². The lowest BCUT2D eigenvalue weighted by molar-refractivity contribution is -0.111. The lowest BCUT2D eigenvalue weighted by Crippen LogP contribution is -2.56. The highest BCUT2D eigenvalue weighted by Crippen LogP contribution is 2.24. The molecule has 2 aliphatic rings. The maximum absolute atomic E-state index is 12.2. The molecule has 2 amide bonds. The van der Waals surface area contributed by atoms with E-state index in [1.807, 2.05) is 6.92 Å². The average Bonchev–Trinajstić information content (AvgIpc) is 2.87. The van der Waals surface area contributed by atoms with Gasteiger partial charge >= 0.3 is 6.03 Å². The largest absolute Gasteiger partial charge is 0.392 e. The number of nitrogens with two attached hydrogens (primary N) is 1. The lowest BCUT2D eigenvalue weighted by atomic mass is 9.99. The first-order valence-corrected chi connectivity index (χ1v) is 6.76. The van der Waals surface area contributed by atoms with Crippen LogP contribution in [-0.4, -0.2) is 60.6 Å². The van der Waals surface area contributed by atoms with Crippen LogP contribution in [0.1, 0.15) is 26.2 Å². The quantitative estimate of drug-likeness (QED) is 0.791. The molecule has 2 N–H and O–H groups in total. The number of oxime groups is 1. The molecule has 7 heteroatoms. The Hall–Kier alpha value is -1.34. The molecule has 2 heterocycles. The zero-order chi connectivity index (χ0) is 13.8. The van der Waals surface area contributed by atoms with Crippen LogP contribution in [0.15, 0.2) is 5.16 Å². The Morgan fingerprint density at radius 3 is 3.00 bits per heavy atom. The number of hydrogen-bond acceptors (Lipinski definition) is 5. The molecule has 0 spiro atoms. The minimum absolute atomic E-state index is 0.0201. The van der Waals surface area contributed by atoms with E-state index in [4.69, 9.17) is 15.4 Å². The molecule has 2 rings (SSSR count). The van der Waals surface area contributed by atoms with Crippen LogP contribution in [0.3, 0.4) is 0 Å². The molecule has 2 atom stereocenters. The lowest BCUT2D eigenvalue weighted by Gasteiger charge is -2.39. The number of amides is 2. The van der Waals surface area contributed by atoms with E-state index in [0.29, 0.717) is 19.6 Å². The summed E-state index contributed by atoms with van der Waals surface area (Å²) in [6, 6.07) is -0.0853. The molecule has 7 nitrogen and oxygen atoms in total. The molecule has 0 aliphatic carbocycles. The van der Waals surface area contributed by atoms with Crippen molar-refractivity contribution in [2.45, 2.75) is 38.3 Å². The zero-order valence-corrected chi connectivity index (χ0v) is 11.5. The van der Waals surface area contributed by atoms with E-state index in [1.165, 1.54) is 12.2 Å². The fraction of sp³-hybridized carbons (Fsp3) is 0.833. The Kier molecular flexibility index (Phi) is 4.60. The second-order valence-electron chi connectivity index (χ2n) is 4.75. The molecule has 0 saturated carbocycles. The molecule has 1 unspecified atom stereocenters. The molecule has 1 fully saturated rings. The van der Waals surface area contributed by atoms with Gasteiger partial charge in [-0.3, -0.25) is 4.84 Å². The summed E-state index contributed by atoms with van der Waals surface area (Å²) in [7, 11) is 1.51. The number of rotatable bonds is 5. The molecule has 108 valence electrons. The maximum Gasteiger partial charge on any atom is 0.344 e. The standard InChI is InChI=1S/C12H22N4O3/c1-3-15-11(5-7-16(18-2)12(15)17)10-8-9(4-6-13)19-14-10/h9,11H,3-8,13H2,1-2H3/t9?,11-/m0/s1. The first kappa shape index (κ1) is 14.1. The highest BCUT2D eigenvalue weighted by atomic mass is 16.7. The van der Waals surface area contributed by atoms with Crippen LogP contribution in [0, 0.1) is 0 Å². The van der Waals surface area contributed by atoms with Crippen molar-refractivity contribution in [1.82, 2.24) is 9.96 Å². The van der Waals surface area contributed by atoms with Crippen molar-refractivity contribution in [3.63, 3.8) is 0 Å². The van der Waals surface area contributed by atoms with Crippen LogP contribution in [0.4, 0.5) is 4.79 Å². The van der Waals surface area contributed by atoms with Crippen molar-refractivity contribution in [3.05, 3.63) is 0 Å². The number of hydroxylamine groups is 2. The summed E-state index contributed by atoms with van der Waals surface area (Å²) >= 11 is 0. The van der Waals surface area contributed by atoms with Gasteiger partial charge in [-0.1, -0.05) is 5.16 Å². The monoisotopic (exact) mass is 270 g/mol. The minimum atomic E-state index is -0.105. The fourth-order valence-corrected chi connectivity index (χ4v) is 2.63. The smallest absolute Gasteiger partial charge is 0.344 e. The van der Waals surface area contributed by atoms with E-state index >= 15 is 0 Å². The third-order valence-electron chi connectivity index (χ3n) is 3.63. The van der Waals surface area contributed by atoms with Crippen LogP contribution in [0.25, 0.3) is 0 Å². The van der Waals surface area contributed by atoms with Crippen LogP contribution in [0.5, 0.6) is 0 Å². The Bertz CT molecular complexity index is 361. The van der Waals surface area contributed by atoms with Gasteiger partial charge in [-0.15, -0.1) is 0 Å². The molecule has 0 bridgehead atoms. The van der Waals surface area contributed by atoms with Crippen LogP contribution >= 0.6 is 0 Å². The van der Waals surface area contributed by atoms with Gasteiger partial charge in [-0.05, 0) is 26.3 Å². The van der Waals surface area contributed by atoms with Crippen LogP contribution in [0.2, 0.25) is 0 Å². The summed E-state index contributed by atoms with van der Waals surface area (Å²) in [6.45, 7) is 3.75. The SMILES string of the molecule is CCN1C(=O)N(OC)CC[C@H]1C1=NOC(CCN)C1. The van der Waals surface area contributed by atoms with Gasteiger partial charge in [0.2, 0.25) is 0 Å². The van der Waals surface area contributed by atoms with E-state index in [1.54, 1.807) is 4.90 Å². The Morgan fingerprint density at radius 2 is 2.37 bits per heavy atom. The predicted molar refractivity (Wildman–Crippen MR) is 70.5 cm³/mol. The number of nitrogens with zero attached hydrogens (tertiary/aromatic N) is 3. The summed E-state index contributed by atoms with van der Waals surface area (Å²) in [4.78, 5) is 24.4. The third-order valence-corrected chi connectivity index (χ3v) is 3.63. The van der Waals surface area contributed by atoms with Gasteiger partial charge in [0.05, 0.1) is 25.4 Å². The second-order valence-corrected chi connectivity index (χ2v) is 4.75. The average molecular weight is 270 g/mol.